The van der Waals surface area contributed by atoms with Crippen molar-refractivity contribution in [1.29, 1.82) is 0 Å². The van der Waals surface area contributed by atoms with Crippen LogP contribution in [0.15, 0.2) is 30.3 Å². The summed E-state index contributed by atoms with van der Waals surface area (Å²) in [6, 6.07) is 11.6. The fourth-order valence-corrected chi connectivity index (χ4v) is 3.23. The molecule has 17 heavy (non-hydrogen) atoms. The number of rotatable bonds is 3. The van der Waals surface area contributed by atoms with E-state index in [-0.39, 0.29) is 0 Å². The van der Waals surface area contributed by atoms with Gasteiger partial charge in [0.15, 0.2) is 0 Å². The quantitative estimate of drug-likeness (QED) is 0.853. The highest BCUT2D eigenvalue weighted by Crippen LogP contribution is 2.25. The van der Waals surface area contributed by atoms with Crippen LogP contribution in [-0.4, -0.2) is 37.1 Å². The normalized spacial score (nSPS) is 29.2. The highest BCUT2D eigenvalue weighted by Gasteiger charge is 2.31. The van der Waals surface area contributed by atoms with Gasteiger partial charge in [-0.15, -0.1) is 0 Å². The van der Waals surface area contributed by atoms with Gasteiger partial charge >= 0.3 is 0 Å². The van der Waals surface area contributed by atoms with Crippen molar-refractivity contribution in [1.82, 2.24) is 10.2 Å². The summed E-state index contributed by atoms with van der Waals surface area (Å²) >= 11 is 0. The minimum absolute atomic E-state index is 0.777. The van der Waals surface area contributed by atoms with E-state index >= 15 is 0 Å². The average Bonchev–Trinajstić information content (AvgIpc) is 2.85. The molecule has 2 fully saturated rings. The second-order valence-corrected chi connectivity index (χ2v) is 5.43. The Labute approximate surface area is 104 Å². The number of hydrogen-bond acceptors (Lipinski definition) is 2. The second kappa shape index (κ2) is 5.19. The number of nitrogens with one attached hydrogen (secondary N) is 1. The Morgan fingerprint density at radius 2 is 2.06 bits per heavy atom. The standard InChI is InChI=1S/C15H22N2/c1-2-4-13(5-3-1)7-10-17-11-8-14-6-9-16-15(14)12-17/h1-5,14-16H,6-12H2/t14-,15+/m1/s1. The first-order chi connectivity index (χ1) is 8.42. The number of benzene rings is 1. The maximum absolute atomic E-state index is 3.65. The van der Waals surface area contributed by atoms with Crippen LogP contribution < -0.4 is 5.32 Å². The van der Waals surface area contributed by atoms with Crippen molar-refractivity contribution >= 4 is 0 Å². The van der Waals surface area contributed by atoms with Crippen molar-refractivity contribution in [2.75, 3.05) is 26.2 Å². The first-order valence-electron chi connectivity index (χ1n) is 6.91. The van der Waals surface area contributed by atoms with E-state index in [0.29, 0.717) is 0 Å². The average molecular weight is 230 g/mol. The van der Waals surface area contributed by atoms with Crippen molar-refractivity contribution < 1.29 is 0 Å². The van der Waals surface area contributed by atoms with Gasteiger partial charge in [-0.05, 0) is 43.8 Å². The maximum atomic E-state index is 3.65. The summed E-state index contributed by atoms with van der Waals surface area (Å²) in [5.74, 6) is 0.961. The summed E-state index contributed by atoms with van der Waals surface area (Å²) in [6.07, 6.45) is 3.99. The molecular formula is C15H22N2. The van der Waals surface area contributed by atoms with Crippen LogP contribution in [0, 0.1) is 5.92 Å². The molecule has 0 amide bonds. The molecule has 2 aliphatic heterocycles. The molecule has 1 N–H and O–H groups in total. The van der Waals surface area contributed by atoms with E-state index in [4.69, 9.17) is 0 Å². The third-order valence-corrected chi connectivity index (χ3v) is 4.32. The Morgan fingerprint density at radius 1 is 1.18 bits per heavy atom. The van der Waals surface area contributed by atoms with Crippen LogP contribution in [0.5, 0.6) is 0 Å². The van der Waals surface area contributed by atoms with Gasteiger partial charge < -0.3 is 10.2 Å². The van der Waals surface area contributed by atoms with Gasteiger partial charge in [-0.25, -0.2) is 0 Å². The summed E-state index contributed by atoms with van der Waals surface area (Å²) in [5.41, 5.74) is 1.47. The number of hydrogen-bond donors (Lipinski definition) is 1. The lowest BCUT2D eigenvalue weighted by molar-refractivity contribution is 0.168. The monoisotopic (exact) mass is 230 g/mol. The Hall–Kier alpha value is -0.860. The molecule has 0 unspecified atom stereocenters. The second-order valence-electron chi connectivity index (χ2n) is 5.43. The summed E-state index contributed by atoms with van der Waals surface area (Å²) < 4.78 is 0. The Bertz CT molecular complexity index is 349. The summed E-state index contributed by atoms with van der Waals surface area (Å²) in [6.45, 7) is 5.02. The molecule has 0 spiro atoms. The Balaban J connectivity index is 1.50. The SMILES string of the molecule is c1ccc(CCN2CC[C@H]3CCN[C@H]3C2)cc1. The lowest BCUT2D eigenvalue weighted by Crippen LogP contribution is -2.46. The molecule has 3 rings (SSSR count). The lowest BCUT2D eigenvalue weighted by Gasteiger charge is -2.34. The van der Waals surface area contributed by atoms with Gasteiger partial charge in [-0.3, -0.25) is 0 Å². The summed E-state index contributed by atoms with van der Waals surface area (Å²) in [5, 5.41) is 3.65. The van der Waals surface area contributed by atoms with E-state index in [9.17, 15) is 0 Å². The van der Waals surface area contributed by atoms with Gasteiger partial charge in [0, 0.05) is 19.1 Å². The van der Waals surface area contributed by atoms with Crippen LogP contribution in [0.25, 0.3) is 0 Å². The van der Waals surface area contributed by atoms with Gasteiger partial charge in [-0.2, -0.15) is 0 Å². The van der Waals surface area contributed by atoms with Crippen LogP contribution >= 0.6 is 0 Å². The first-order valence-corrected chi connectivity index (χ1v) is 6.91. The molecule has 1 aromatic carbocycles. The topological polar surface area (TPSA) is 15.3 Å². The maximum Gasteiger partial charge on any atom is 0.0224 e. The summed E-state index contributed by atoms with van der Waals surface area (Å²) in [7, 11) is 0. The van der Waals surface area contributed by atoms with E-state index in [1.54, 1.807) is 0 Å². The first kappa shape index (κ1) is 11.2. The van der Waals surface area contributed by atoms with Crippen molar-refractivity contribution in [3.05, 3.63) is 35.9 Å². The highest BCUT2D eigenvalue weighted by atomic mass is 15.2. The van der Waals surface area contributed by atoms with Gasteiger partial charge in [0.25, 0.3) is 0 Å². The van der Waals surface area contributed by atoms with Gasteiger partial charge in [0.05, 0.1) is 0 Å². The van der Waals surface area contributed by atoms with E-state index < -0.39 is 0 Å². The van der Waals surface area contributed by atoms with Crippen LogP contribution in [-0.2, 0) is 6.42 Å². The van der Waals surface area contributed by atoms with E-state index in [1.807, 2.05) is 0 Å². The van der Waals surface area contributed by atoms with Crippen LogP contribution in [0.4, 0.5) is 0 Å². The van der Waals surface area contributed by atoms with E-state index in [2.05, 4.69) is 40.5 Å². The number of piperidine rings is 1. The molecule has 2 saturated heterocycles. The molecule has 0 aliphatic carbocycles. The van der Waals surface area contributed by atoms with Crippen LogP contribution in [0.2, 0.25) is 0 Å². The van der Waals surface area contributed by atoms with Crippen molar-refractivity contribution in [3.8, 4) is 0 Å². The summed E-state index contributed by atoms with van der Waals surface area (Å²) in [4.78, 5) is 2.63. The Kier molecular flexibility index (Phi) is 3.44. The smallest absolute Gasteiger partial charge is 0.0224 e. The number of nitrogens with zero attached hydrogens (tertiary/aromatic N) is 1. The van der Waals surface area contributed by atoms with Gasteiger partial charge in [-0.1, -0.05) is 30.3 Å². The third kappa shape index (κ3) is 2.70. The van der Waals surface area contributed by atoms with Crippen molar-refractivity contribution in [2.24, 2.45) is 5.92 Å². The molecule has 0 bridgehead atoms. The predicted octanol–water partition coefficient (Wildman–Crippen LogP) is 1.91. The zero-order valence-corrected chi connectivity index (χ0v) is 10.4. The molecular weight excluding hydrogens is 208 g/mol. The van der Waals surface area contributed by atoms with Gasteiger partial charge in [0.2, 0.25) is 0 Å². The molecule has 2 heterocycles. The Morgan fingerprint density at radius 3 is 2.94 bits per heavy atom. The van der Waals surface area contributed by atoms with Crippen LogP contribution in [0.1, 0.15) is 18.4 Å². The molecule has 2 aliphatic rings. The van der Waals surface area contributed by atoms with Gasteiger partial charge in [0.1, 0.15) is 0 Å². The van der Waals surface area contributed by atoms with Crippen molar-refractivity contribution in [2.45, 2.75) is 25.3 Å². The number of fused-ring (bicyclic) bond motifs is 1. The van der Waals surface area contributed by atoms with E-state index in [0.717, 1.165) is 12.0 Å². The molecule has 2 heteroatoms. The lowest BCUT2D eigenvalue weighted by atomic mass is 9.92. The molecule has 1 aromatic rings. The zero-order valence-electron chi connectivity index (χ0n) is 10.4. The predicted molar refractivity (Wildman–Crippen MR) is 71.1 cm³/mol. The molecule has 92 valence electrons. The van der Waals surface area contributed by atoms with Crippen molar-refractivity contribution in [3.63, 3.8) is 0 Å². The molecule has 0 saturated carbocycles. The minimum Gasteiger partial charge on any atom is -0.312 e. The zero-order chi connectivity index (χ0) is 11.5. The molecule has 2 nitrogen and oxygen atoms in total. The molecule has 0 radical (unpaired) electrons. The fourth-order valence-electron chi connectivity index (χ4n) is 3.23. The molecule has 0 aromatic heterocycles. The molecule has 2 atom stereocenters. The number of likely N-dealkylation sites (tertiary alicyclic amines) is 1. The van der Waals surface area contributed by atoms with E-state index in [1.165, 1.54) is 51.0 Å². The third-order valence-electron chi connectivity index (χ3n) is 4.32. The minimum atomic E-state index is 0.777. The highest BCUT2D eigenvalue weighted by molar-refractivity contribution is 5.14. The van der Waals surface area contributed by atoms with Crippen LogP contribution in [0.3, 0.4) is 0 Å². The largest absolute Gasteiger partial charge is 0.312 e. The fraction of sp³-hybridized carbons (Fsp3) is 0.600.